The second kappa shape index (κ2) is 7.09. The summed E-state index contributed by atoms with van der Waals surface area (Å²) < 4.78 is 50.1. The topological polar surface area (TPSA) is 18.5 Å². The van der Waals surface area contributed by atoms with Crippen LogP contribution in [0.2, 0.25) is 0 Å². The lowest BCUT2D eigenvalue weighted by Gasteiger charge is -2.29. The average molecular weight is 288 g/mol. The van der Waals surface area contributed by atoms with E-state index in [1.165, 1.54) is 6.42 Å². The van der Waals surface area contributed by atoms with E-state index in [1.807, 2.05) is 0 Å². The van der Waals surface area contributed by atoms with Crippen LogP contribution in [-0.2, 0) is 9.47 Å². The number of benzene rings is 1. The third-order valence-corrected chi connectivity index (χ3v) is 3.46. The highest BCUT2D eigenvalue weighted by atomic mass is 19.2. The molecule has 0 bridgehead atoms. The summed E-state index contributed by atoms with van der Waals surface area (Å²) in [7, 11) is 0. The van der Waals surface area contributed by atoms with E-state index in [-0.39, 0.29) is 5.56 Å². The zero-order valence-electron chi connectivity index (χ0n) is 11.5. The molecule has 0 unspecified atom stereocenters. The highest BCUT2D eigenvalue weighted by Gasteiger charge is 2.25. The van der Waals surface area contributed by atoms with Gasteiger partial charge in [0.15, 0.2) is 23.7 Å². The monoisotopic (exact) mass is 288 g/mol. The van der Waals surface area contributed by atoms with Gasteiger partial charge in [0, 0.05) is 11.5 Å². The molecule has 0 spiro atoms. The standard InChI is InChI=1S/C15H19F3O2/c1-2-3-4-5-10-8-19-15(20-9-10)11-6-12(16)14(18)13(17)7-11/h6-7,10,15H,2-5,8-9H2,1H3. The first-order chi connectivity index (χ1) is 9.61. The lowest BCUT2D eigenvalue weighted by Crippen LogP contribution is -2.27. The third-order valence-electron chi connectivity index (χ3n) is 3.46. The fraction of sp³-hybridized carbons (Fsp3) is 0.600. The Bertz CT molecular complexity index is 420. The van der Waals surface area contributed by atoms with Gasteiger partial charge in [0.05, 0.1) is 13.2 Å². The Morgan fingerprint density at radius 3 is 2.20 bits per heavy atom. The number of unbranched alkanes of at least 4 members (excludes halogenated alkanes) is 2. The number of hydrogen-bond donors (Lipinski definition) is 0. The minimum atomic E-state index is -1.47. The van der Waals surface area contributed by atoms with Crippen LogP contribution in [0.4, 0.5) is 13.2 Å². The molecule has 1 saturated heterocycles. The molecule has 0 saturated carbocycles. The second-order valence-corrected chi connectivity index (χ2v) is 5.16. The van der Waals surface area contributed by atoms with Gasteiger partial charge < -0.3 is 9.47 Å². The molecule has 2 rings (SSSR count). The first-order valence-electron chi connectivity index (χ1n) is 6.99. The molecular weight excluding hydrogens is 269 g/mol. The molecular formula is C15H19F3O2. The Balaban J connectivity index is 1.90. The van der Waals surface area contributed by atoms with Gasteiger partial charge in [-0.25, -0.2) is 13.2 Å². The molecule has 1 aliphatic heterocycles. The molecule has 0 aliphatic carbocycles. The maximum Gasteiger partial charge on any atom is 0.194 e. The molecule has 0 N–H and O–H groups in total. The van der Waals surface area contributed by atoms with E-state index in [2.05, 4.69) is 6.92 Å². The van der Waals surface area contributed by atoms with Crippen molar-refractivity contribution in [3.63, 3.8) is 0 Å². The van der Waals surface area contributed by atoms with Crippen LogP contribution in [0.1, 0.15) is 44.5 Å². The van der Waals surface area contributed by atoms with Crippen LogP contribution in [0.25, 0.3) is 0 Å². The van der Waals surface area contributed by atoms with E-state index < -0.39 is 23.7 Å². The maximum absolute atomic E-state index is 13.2. The Hall–Kier alpha value is -1.07. The van der Waals surface area contributed by atoms with Crippen LogP contribution >= 0.6 is 0 Å². The molecule has 1 aliphatic rings. The van der Waals surface area contributed by atoms with E-state index >= 15 is 0 Å². The lowest BCUT2D eigenvalue weighted by molar-refractivity contribution is -0.206. The molecule has 112 valence electrons. The van der Waals surface area contributed by atoms with Gasteiger partial charge in [-0.1, -0.05) is 26.2 Å². The van der Waals surface area contributed by atoms with Gasteiger partial charge in [0.2, 0.25) is 0 Å². The summed E-state index contributed by atoms with van der Waals surface area (Å²) in [4.78, 5) is 0. The Morgan fingerprint density at radius 1 is 1.05 bits per heavy atom. The number of hydrogen-bond acceptors (Lipinski definition) is 2. The average Bonchev–Trinajstić information content (AvgIpc) is 2.45. The lowest BCUT2D eigenvalue weighted by atomic mass is 10.0. The quantitative estimate of drug-likeness (QED) is 0.592. The van der Waals surface area contributed by atoms with Gasteiger partial charge in [0.25, 0.3) is 0 Å². The molecule has 1 aromatic carbocycles. The summed E-state index contributed by atoms with van der Waals surface area (Å²) in [6.07, 6.45) is 3.66. The van der Waals surface area contributed by atoms with Crippen molar-refractivity contribution in [2.45, 2.75) is 38.9 Å². The molecule has 5 heteroatoms. The van der Waals surface area contributed by atoms with Gasteiger partial charge in [-0.3, -0.25) is 0 Å². The van der Waals surface area contributed by atoms with E-state index in [1.54, 1.807) is 0 Å². The minimum absolute atomic E-state index is 0.174. The predicted octanol–water partition coefficient (Wildman–Crippen LogP) is 4.35. The first-order valence-corrected chi connectivity index (χ1v) is 6.99. The summed E-state index contributed by atoms with van der Waals surface area (Å²) in [5.41, 5.74) is 0.174. The molecule has 2 nitrogen and oxygen atoms in total. The minimum Gasteiger partial charge on any atom is -0.348 e. The summed E-state index contributed by atoms with van der Waals surface area (Å²) in [6.45, 7) is 3.13. The van der Waals surface area contributed by atoms with Crippen molar-refractivity contribution in [1.82, 2.24) is 0 Å². The summed E-state index contributed by atoms with van der Waals surface area (Å²) in [5, 5.41) is 0. The Kier molecular flexibility index (Phi) is 5.43. The number of rotatable bonds is 5. The SMILES string of the molecule is CCCCCC1COC(c2cc(F)c(F)c(F)c2)OC1. The summed E-state index contributed by atoms with van der Waals surface area (Å²) in [6, 6.07) is 1.83. The van der Waals surface area contributed by atoms with Gasteiger partial charge >= 0.3 is 0 Å². The van der Waals surface area contributed by atoms with Gasteiger partial charge in [0.1, 0.15) is 0 Å². The van der Waals surface area contributed by atoms with Crippen LogP contribution in [-0.4, -0.2) is 13.2 Å². The number of halogens is 3. The van der Waals surface area contributed by atoms with Gasteiger partial charge in [-0.2, -0.15) is 0 Å². The van der Waals surface area contributed by atoms with Crippen LogP contribution in [0.5, 0.6) is 0 Å². The molecule has 1 aromatic rings. The fourth-order valence-electron chi connectivity index (χ4n) is 2.30. The van der Waals surface area contributed by atoms with E-state index in [0.717, 1.165) is 31.4 Å². The molecule has 1 fully saturated rings. The number of ether oxygens (including phenoxy) is 2. The van der Waals surface area contributed by atoms with Crippen LogP contribution < -0.4 is 0 Å². The predicted molar refractivity (Wildman–Crippen MR) is 68.6 cm³/mol. The molecule has 1 heterocycles. The smallest absolute Gasteiger partial charge is 0.194 e. The molecule has 0 atom stereocenters. The normalized spacial score (nSPS) is 23.0. The van der Waals surface area contributed by atoms with Crippen molar-refractivity contribution in [2.24, 2.45) is 5.92 Å². The summed E-state index contributed by atoms with van der Waals surface area (Å²) >= 11 is 0. The van der Waals surface area contributed by atoms with Crippen molar-refractivity contribution in [1.29, 1.82) is 0 Å². The largest absolute Gasteiger partial charge is 0.348 e. The van der Waals surface area contributed by atoms with Crippen molar-refractivity contribution >= 4 is 0 Å². The Labute approximate surface area is 116 Å². The third kappa shape index (κ3) is 3.73. The maximum atomic E-state index is 13.2. The Morgan fingerprint density at radius 2 is 1.65 bits per heavy atom. The zero-order valence-corrected chi connectivity index (χ0v) is 11.5. The van der Waals surface area contributed by atoms with E-state index in [4.69, 9.17) is 9.47 Å². The molecule has 20 heavy (non-hydrogen) atoms. The molecule has 0 amide bonds. The molecule has 0 aromatic heterocycles. The van der Waals surface area contributed by atoms with Crippen molar-refractivity contribution in [3.05, 3.63) is 35.1 Å². The summed E-state index contributed by atoms with van der Waals surface area (Å²) in [5.74, 6) is -3.61. The first kappa shape index (κ1) is 15.3. The zero-order chi connectivity index (χ0) is 14.5. The van der Waals surface area contributed by atoms with Gasteiger partial charge in [-0.05, 0) is 18.6 Å². The van der Waals surface area contributed by atoms with Crippen LogP contribution in [0.15, 0.2) is 12.1 Å². The van der Waals surface area contributed by atoms with Crippen molar-refractivity contribution < 1.29 is 22.6 Å². The van der Waals surface area contributed by atoms with Crippen molar-refractivity contribution in [3.8, 4) is 0 Å². The van der Waals surface area contributed by atoms with Gasteiger partial charge in [-0.15, -0.1) is 0 Å². The second-order valence-electron chi connectivity index (χ2n) is 5.16. The van der Waals surface area contributed by atoms with Crippen LogP contribution in [0, 0.1) is 23.4 Å². The van der Waals surface area contributed by atoms with E-state index in [0.29, 0.717) is 19.1 Å². The van der Waals surface area contributed by atoms with Crippen molar-refractivity contribution in [2.75, 3.05) is 13.2 Å². The van der Waals surface area contributed by atoms with E-state index in [9.17, 15) is 13.2 Å². The highest BCUT2D eigenvalue weighted by Crippen LogP contribution is 2.28. The fourth-order valence-corrected chi connectivity index (χ4v) is 2.30. The van der Waals surface area contributed by atoms with Crippen LogP contribution in [0.3, 0.4) is 0 Å². The highest BCUT2D eigenvalue weighted by molar-refractivity contribution is 5.20. The molecule has 0 radical (unpaired) electrons.